The van der Waals surface area contributed by atoms with E-state index < -0.39 is 5.91 Å². The fourth-order valence-electron chi connectivity index (χ4n) is 1.93. The summed E-state index contributed by atoms with van der Waals surface area (Å²) in [4.78, 5) is 11.4. The molecule has 4 nitrogen and oxygen atoms in total. The predicted molar refractivity (Wildman–Crippen MR) is 78.8 cm³/mol. The van der Waals surface area contributed by atoms with E-state index in [1.165, 1.54) is 6.07 Å². The highest BCUT2D eigenvalue weighted by atomic mass is 19.1. The van der Waals surface area contributed by atoms with Gasteiger partial charge in [0.15, 0.2) is 0 Å². The zero-order chi connectivity index (χ0) is 15.2. The van der Waals surface area contributed by atoms with Gasteiger partial charge in [0.2, 0.25) is 0 Å². The van der Waals surface area contributed by atoms with Gasteiger partial charge in [0, 0.05) is 12.1 Å². The zero-order valence-electron chi connectivity index (χ0n) is 11.7. The minimum atomic E-state index is -0.588. The van der Waals surface area contributed by atoms with Gasteiger partial charge < -0.3 is 15.8 Å². The summed E-state index contributed by atoms with van der Waals surface area (Å²) in [6, 6.07) is 11.2. The number of benzene rings is 2. The molecular weight excluding hydrogens is 271 g/mol. The van der Waals surface area contributed by atoms with Crippen molar-refractivity contribution in [1.82, 2.24) is 5.32 Å². The quantitative estimate of drug-likeness (QED) is 0.859. The summed E-state index contributed by atoms with van der Waals surface area (Å²) < 4.78 is 19.6. The van der Waals surface area contributed by atoms with E-state index in [2.05, 4.69) is 5.32 Å². The molecule has 5 heteroatoms. The van der Waals surface area contributed by atoms with Gasteiger partial charge in [-0.05, 0) is 30.8 Å². The number of carbonyl (C=O) groups excluding carboxylic acids is 1. The number of nitrogens with one attached hydrogen (secondary N) is 1. The molecule has 0 aliphatic rings. The van der Waals surface area contributed by atoms with E-state index in [4.69, 9.17) is 10.5 Å². The Bertz CT molecular complexity index is 644. The Morgan fingerprint density at radius 3 is 2.62 bits per heavy atom. The third kappa shape index (κ3) is 3.58. The number of halogens is 1. The number of primary amides is 1. The molecule has 0 aliphatic heterocycles. The van der Waals surface area contributed by atoms with Crippen molar-refractivity contribution in [2.45, 2.75) is 13.5 Å². The molecule has 0 atom stereocenters. The Kier molecular flexibility index (Phi) is 4.90. The van der Waals surface area contributed by atoms with Crippen LogP contribution in [0.4, 0.5) is 4.39 Å². The second kappa shape index (κ2) is 6.85. The molecule has 110 valence electrons. The lowest BCUT2D eigenvalue weighted by atomic mass is 10.1. The summed E-state index contributed by atoms with van der Waals surface area (Å²) in [5, 5.41) is 3.06. The van der Waals surface area contributed by atoms with Crippen molar-refractivity contribution in [3.8, 4) is 11.5 Å². The maximum absolute atomic E-state index is 13.9. The molecule has 2 aromatic carbocycles. The van der Waals surface area contributed by atoms with Crippen molar-refractivity contribution < 1.29 is 13.9 Å². The van der Waals surface area contributed by atoms with Crippen LogP contribution in [0.15, 0.2) is 42.5 Å². The van der Waals surface area contributed by atoms with E-state index >= 15 is 0 Å². The molecule has 1 amide bonds. The van der Waals surface area contributed by atoms with E-state index in [-0.39, 0.29) is 11.4 Å². The number of carbonyl (C=O) groups is 1. The van der Waals surface area contributed by atoms with Crippen molar-refractivity contribution in [3.63, 3.8) is 0 Å². The third-order valence-corrected chi connectivity index (χ3v) is 3.00. The SMILES string of the molecule is CCNCc1c(F)cccc1Oc1ccccc1C(N)=O. The molecule has 0 bridgehead atoms. The second-order valence-corrected chi connectivity index (χ2v) is 4.46. The van der Waals surface area contributed by atoms with Gasteiger partial charge in [-0.3, -0.25) is 4.79 Å². The summed E-state index contributed by atoms with van der Waals surface area (Å²) in [6.07, 6.45) is 0. The summed E-state index contributed by atoms with van der Waals surface area (Å²) in [6.45, 7) is 2.99. The molecule has 2 aromatic rings. The highest BCUT2D eigenvalue weighted by molar-refractivity contribution is 5.95. The number of amides is 1. The van der Waals surface area contributed by atoms with Crippen LogP contribution in [0.2, 0.25) is 0 Å². The average Bonchev–Trinajstić information content (AvgIpc) is 2.47. The van der Waals surface area contributed by atoms with Gasteiger partial charge in [-0.15, -0.1) is 0 Å². The Morgan fingerprint density at radius 2 is 1.90 bits per heavy atom. The molecule has 0 radical (unpaired) electrons. The first-order chi connectivity index (χ1) is 10.1. The van der Waals surface area contributed by atoms with Crippen molar-refractivity contribution in [1.29, 1.82) is 0 Å². The van der Waals surface area contributed by atoms with Crippen molar-refractivity contribution in [2.24, 2.45) is 5.73 Å². The molecule has 0 saturated carbocycles. The van der Waals surface area contributed by atoms with Crippen LogP contribution >= 0.6 is 0 Å². The van der Waals surface area contributed by atoms with Crippen LogP contribution < -0.4 is 15.8 Å². The van der Waals surface area contributed by atoms with E-state index in [0.717, 1.165) is 0 Å². The predicted octanol–water partition coefficient (Wildman–Crippen LogP) is 2.83. The van der Waals surface area contributed by atoms with Crippen LogP contribution in [0.5, 0.6) is 11.5 Å². The Balaban J connectivity index is 2.36. The Morgan fingerprint density at radius 1 is 1.19 bits per heavy atom. The summed E-state index contributed by atoms with van der Waals surface area (Å²) in [5.41, 5.74) is 5.99. The smallest absolute Gasteiger partial charge is 0.252 e. The summed E-state index contributed by atoms with van der Waals surface area (Å²) >= 11 is 0. The molecule has 0 unspecified atom stereocenters. The largest absolute Gasteiger partial charge is 0.456 e. The van der Waals surface area contributed by atoms with E-state index in [1.54, 1.807) is 36.4 Å². The van der Waals surface area contributed by atoms with Gasteiger partial charge in [0.05, 0.1) is 5.56 Å². The van der Waals surface area contributed by atoms with Gasteiger partial charge in [-0.2, -0.15) is 0 Å². The molecule has 0 saturated heterocycles. The fourth-order valence-corrected chi connectivity index (χ4v) is 1.93. The monoisotopic (exact) mass is 288 g/mol. The highest BCUT2D eigenvalue weighted by Gasteiger charge is 2.13. The molecule has 0 spiro atoms. The minimum absolute atomic E-state index is 0.260. The zero-order valence-corrected chi connectivity index (χ0v) is 11.7. The van der Waals surface area contributed by atoms with Gasteiger partial charge in [-0.1, -0.05) is 25.1 Å². The lowest BCUT2D eigenvalue weighted by Gasteiger charge is -2.14. The minimum Gasteiger partial charge on any atom is -0.456 e. The summed E-state index contributed by atoms with van der Waals surface area (Å²) in [5.74, 6) is -0.266. The first-order valence-electron chi connectivity index (χ1n) is 6.68. The molecule has 0 aliphatic carbocycles. The van der Waals surface area contributed by atoms with E-state index in [0.29, 0.717) is 30.2 Å². The van der Waals surface area contributed by atoms with Crippen molar-refractivity contribution >= 4 is 5.91 Å². The average molecular weight is 288 g/mol. The fraction of sp³-hybridized carbons (Fsp3) is 0.188. The van der Waals surface area contributed by atoms with E-state index in [1.807, 2.05) is 6.92 Å². The van der Waals surface area contributed by atoms with Crippen molar-refractivity contribution in [3.05, 3.63) is 59.4 Å². The third-order valence-electron chi connectivity index (χ3n) is 3.00. The number of hydrogen-bond donors (Lipinski definition) is 2. The maximum atomic E-state index is 13.9. The molecule has 21 heavy (non-hydrogen) atoms. The van der Waals surface area contributed by atoms with E-state index in [9.17, 15) is 9.18 Å². The molecule has 0 aromatic heterocycles. The number of para-hydroxylation sites is 1. The number of rotatable bonds is 6. The van der Waals surface area contributed by atoms with Crippen LogP contribution in [0.25, 0.3) is 0 Å². The van der Waals surface area contributed by atoms with Gasteiger partial charge >= 0.3 is 0 Å². The maximum Gasteiger partial charge on any atom is 0.252 e. The standard InChI is InChI=1S/C16H17FN2O2/c1-2-19-10-12-13(17)7-5-9-15(12)21-14-8-4-3-6-11(14)16(18)20/h3-9,19H,2,10H2,1H3,(H2,18,20). The second-order valence-electron chi connectivity index (χ2n) is 4.46. The van der Waals surface area contributed by atoms with Crippen LogP contribution in [-0.2, 0) is 6.54 Å². The molecule has 3 N–H and O–H groups in total. The van der Waals surface area contributed by atoms with Crippen LogP contribution in [-0.4, -0.2) is 12.5 Å². The van der Waals surface area contributed by atoms with Gasteiger partial charge in [0.25, 0.3) is 5.91 Å². The molecule has 0 fully saturated rings. The number of ether oxygens (including phenoxy) is 1. The normalized spacial score (nSPS) is 10.4. The summed E-state index contributed by atoms with van der Waals surface area (Å²) in [7, 11) is 0. The number of nitrogens with two attached hydrogens (primary N) is 1. The van der Waals surface area contributed by atoms with Crippen molar-refractivity contribution in [2.75, 3.05) is 6.54 Å². The Hall–Kier alpha value is -2.40. The topological polar surface area (TPSA) is 64.3 Å². The molecule has 2 rings (SSSR count). The highest BCUT2D eigenvalue weighted by Crippen LogP contribution is 2.29. The first kappa shape index (κ1) is 15.0. The van der Waals surface area contributed by atoms with Crippen LogP contribution in [0.3, 0.4) is 0 Å². The lowest BCUT2D eigenvalue weighted by molar-refractivity contribution is 0.0998. The van der Waals surface area contributed by atoms with Crippen LogP contribution in [0.1, 0.15) is 22.8 Å². The Labute approximate surface area is 122 Å². The van der Waals surface area contributed by atoms with Crippen LogP contribution in [0, 0.1) is 5.82 Å². The number of hydrogen-bond acceptors (Lipinski definition) is 3. The van der Waals surface area contributed by atoms with Gasteiger partial charge in [0.1, 0.15) is 17.3 Å². The lowest BCUT2D eigenvalue weighted by Crippen LogP contribution is -2.15. The molecule has 0 heterocycles. The first-order valence-corrected chi connectivity index (χ1v) is 6.68. The molecular formula is C16H17FN2O2. The van der Waals surface area contributed by atoms with Gasteiger partial charge in [-0.25, -0.2) is 4.39 Å².